The van der Waals surface area contributed by atoms with Crippen LogP contribution in [0.25, 0.3) is 0 Å². The Hall–Kier alpha value is -3.04. The summed E-state index contributed by atoms with van der Waals surface area (Å²) in [6.07, 6.45) is -4.02. The van der Waals surface area contributed by atoms with E-state index in [9.17, 15) is 37.7 Å². The van der Waals surface area contributed by atoms with Crippen molar-refractivity contribution in [2.75, 3.05) is 4.90 Å². The number of allylic oxidation sites excluding steroid dienone is 1. The van der Waals surface area contributed by atoms with Crippen molar-refractivity contribution < 1.29 is 32.5 Å². The van der Waals surface area contributed by atoms with Crippen molar-refractivity contribution in [3.05, 3.63) is 45.0 Å². The van der Waals surface area contributed by atoms with Crippen LogP contribution in [-0.4, -0.2) is 22.5 Å². The van der Waals surface area contributed by atoms with E-state index in [2.05, 4.69) is 0 Å². The molecule has 2 fully saturated rings. The van der Waals surface area contributed by atoms with E-state index in [0.29, 0.717) is 35.4 Å². The van der Waals surface area contributed by atoms with Crippen LogP contribution < -0.4 is 4.90 Å². The number of nitrogens with zero attached hydrogens (tertiary/aromatic N) is 2. The van der Waals surface area contributed by atoms with E-state index in [0.717, 1.165) is 6.07 Å². The molecule has 1 saturated heterocycles. The van der Waals surface area contributed by atoms with Gasteiger partial charge in [0.05, 0.1) is 16.5 Å². The molecule has 1 aromatic rings. The molecule has 1 heterocycles. The summed E-state index contributed by atoms with van der Waals surface area (Å²) in [6, 6.07) is 1.99. The van der Waals surface area contributed by atoms with Crippen LogP contribution in [0.4, 0.5) is 24.5 Å². The lowest BCUT2D eigenvalue weighted by Gasteiger charge is -2.33. The third-order valence-electron chi connectivity index (χ3n) is 5.31. The molecule has 5 rings (SSSR count). The number of hydrogen-bond acceptors (Lipinski definition) is 5. The van der Waals surface area contributed by atoms with Crippen LogP contribution in [0.2, 0.25) is 0 Å². The molecule has 0 aromatic heterocycles. The topological polar surface area (TPSA) is 97.6 Å². The van der Waals surface area contributed by atoms with Gasteiger partial charge in [-0.2, -0.15) is 13.2 Å². The van der Waals surface area contributed by atoms with Gasteiger partial charge in [0.2, 0.25) is 5.91 Å². The Labute approximate surface area is 149 Å². The van der Waals surface area contributed by atoms with Crippen molar-refractivity contribution in [3.8, 4) is 0 Å². The molecule has 3 aliphatic carbocycles. The molecule has 2 unspecified atom stereocenters. The lowest BCUT2D eigenvalue weighted by molar-refractivity contribution is -0.388. The number of amides is 2. The van der Waals surface area contributed by atoms with Gasteiger partial charge >= 0.3 is 6.18 Å². The maximum atomic E-state index is 13.2. The fourth-order valence-corrected chi connectivity index (χ4v) is 4.16. The van der Waals surface area contributed by atoms with Crippen LogP contribution in [0.5, 0.6) is 0 Å². The van der Waals surface area contributed by atoms with E-state index in [1.165, 1.54) is 0 Å². The molecule has 4 aliphatic rings. The Balaban J connectivity index is 1.83. The second-order valence-electron chi connectivity index (χ2n) is 6.72. The minimum absolute atomic E-state index is 0.0808. The molecule has 140 valence electrons. The maximum absolute atomic E-state index is 13.2. The SMILES string of the molecule is O=C1CC2=C3C(=O)N(c4ccc([N+](=O)[O-])c(C(F)(F)F)c4)C(=O)C3C1CC2. The summed E-state index contributed by atoms with van der Waals surface area (Å²) in [5, 5.41) is 10.9. The Bertz CT molecular complexity index is 966. The zero-order valence-electron chi connectivity index (χ0n) is 13.6. The largest absolute Gasteiger partial charge is 0.423 e. The summed E-state index contributed by atoms with van der Waals surface area (Å²) in [5.74, 6) is -3.26. The Morgan fingerprint density at radius 1 is 1.19 bits per heavy atom. The van der Waals surface area contributed by atoms with Crippen LogP contribution in [-0.2, 0) is 20.6 Å². The standard InChI is InChI=1S/C17H11F3N2O5/c18-17(19,20)10-6-8(2-4-11(10)22(26)27)21-15(24)13-7-1-3-9(12(23)5-7)14(13)16(21)25/h2,4,6,9,14H,1,3,5H2. The summed E-state index contributed by atoms with van der Waals surface area (Å²) in [4.78, 5) is 47.9. The van der Waals surface area contributed by atoms with Crippen molar-refractivity contribution >= 4 is 29.0 Å². The number of anilines is 1. The van der Waals surface area contributed by atoms with Crippen LogP contribution in [0, 0.1) is 22.0 Å². The first-order valence-electron chi connectivity index (χ1n) is 8.10. The lowest BCUT2D eigenvalue weighted by Crippen LogP contribution is -2.38. The number of nitro benzene ring substituents is 1. The van der Waals surface area contributed by atoms with Crippen LogP contribution in [0.1, 0.15) is 24.8 Å². The molecule has 1 saturated carbocycles. The molecule has 2 amide bonds. The number of hydrogen-bond donors (Lipinski definition) is 0. The summed E-state index contributed by atoms with van der Waals surface area (Å²) < 4.78 is 39.6. The lowest BCUT2D eigenvalue weighted by atomic mass is 9.67. The highest BCUT2D eigenvalue weighted by atomic mass is 19.4. The number of rotatable bonds is 2. The molecule has 2 bridgehead atoms. The molecular formula is C17H11F3N2O5. The average Bonchev–Trinajstić information content (AvgIpc) is 2.87. The van der Waals surface area contributed by atoms with Gasteiger partial charge < -0.3 is 0 Å². The molecule has 0 radical (unpaired) electrons. The zero-order chi connectivity index (χ0) is 19.7. The predicted octanol–water partition coefficient (Wildman–Crippen LogP) is 2.78. The van der Waals surface area contributed by atoms with Gasteiger partial charge in [-0.3, -0.25) is 24.5 Å². The van der Waals surface area contributed by atoms with Crippen LogP contribution in [0.15, 0.2) is 29.3 Å². The van der Waals surface area contributed by atoms with E-state index in [1.807, 2.05) is 0 Å². The zero-order valence-corrected chi connectivity index (χ0v) is 13.6. The Morgan fingerprint density at radius 3 is 2.48 bits per heavy atom. The normalized spacial score (nSPS) is 24.7. The van der Waals surface area contributed by atoms with E-state index in [1.54, 1.807) is 0 Å². The molecule has 1 aliphatic heterocycles. The smallest absolute Gasteiger partial charge is 0.299 e. The monoisotopic (exact) mass is 380 g/mol. The molecule has 27 heavy (non-hydrogen) atoms. The van der Waals surface area contributed by atoms with Gasteiger partial charge in [-0.25, -0.2) is 4.90 Å². The van der Waals surface area contributed by atoms with Crippen molar-refractivity contribution in [3.63, 3.8) is 0 Å². The van der Waals surface area contributed by atoms with Gasteiger partial charge in [-0.15, -0.1) is 0 Å². The molecule has 0 spiro atoms. The summed E-state index contributed by atoms with van der Waals surface area (Å²) in [5.41, 5.74) is -2.34. The highest BCUT2D eigenvalue weighted by Gasteiger charge is 2.55. The molecule has 1 aromatic carbocycles. The first-order chi connectivity index (χ1) is 12.6. The fraction of sp³-hybridized carbons (Fsp3) is 0.353. The number of halogens is 3. The first-order valence-corrected chi connectivity index (χ1v) is 8.10. The Morgan fingerprint density at radius 2 is 1.89 bits per heavy atom. The second-order valence-corrected chi connectivity index (χ2v) is 6.72. The number of fused-ring (bicyclic) bond motifs is 2. The predicted molar refractivity (Wildman–Crippen MR) is 83.5 cm³/mol. The van der Waals surface area contributed by atoms with E-state index >= 15 is 0 Å². The summed E-state index contributed by atoms with van der Waals surface area (Å²) in [6.45, 7) is 0. The quantitative estimate of drug-likeness (QED) is 0.446. The van der Waals surface area contributed by atoms with E-state index in [4.69, 9.17) is 0 Å². The average molecular weight is 380 g/mol. The molecule has 0 N–H and O–H groups in total. The number of Topliss-reactive ketones (excluding diaryl/α,β-unsaturated/α-hetero) is 1. The minimum Gasteiger partial charge on any atom is -0.299 e. The van der Waals surface area contributed by atoms with Gasteiger partial charge in [0.15, 0.2) is 0 Å². The van der Waals surface area contributed by atoms with Gasteiger partial charge in [0.1, 0.15) is 11.3 Å². The summed E-state index contributed by atoms with van der Waals surface area (Å²) in [7, 11) is 0. The van der Waals surface area contributed by atoms with Gasteiger partial charge in [-0.05, 0) is 25.0 Å². The maximum Gasteiger partial charge on any atom is 0.423 e. The van der Waals surface area contributed by atoms with E-state index < -0.39 is 51.7 Å². The number of ketones is 1. The highest BCUT2D eigenvalue weighted by Crippen LogP contribution is 2.49. The number of carbonyl (C=O) groups is 3. The second kappa shape index (κ2) is 5.48. The number of nitro groups is 1. The van der Waals surface area contributed by atoms with Crippen molar-refractivity contribution in [2.45, 2.75) is 25.4 Å². The number of alkyl halides is 3. The third-order valence-corrected chi connectivity index (χ3v) is 5.31. The molecule has 7 nitrogen and oxygen atoms in total. The summed E-state index contributed by atoms with van der Waals surface area (Å²) >= 11 is 0. The highest BCUT2D eigenvalue weighted by molar-refractivity contribution is 6.31. The first kappa shape index (κ1) is 17.4. The fourth-order valence-electron chi connectivity index (χ4n) is 4.16. The minimum atomic E-state index is -5.03. The third kappa shape index (κ3) is 2.39. The molecule has 10 heteroatoms. The van der Waals surface area contributed by atoms with Gasteiger partial charge in [0.25, 0.3) is 11.6 Å². The van der Waals surface area contributed by atoms with Crippen molar-refractivity contribution in [1.82, 2.24) is 0 Å². The van der Waals surface area contributed by atoms with Gasteiger partial charge in [-0.1, -0.05) is 5.57 Å². The van der Waals surface area contributed by atoms with Crippen LogP contribution in [0.3, 0.4) is 0 Å². The molecule has 2 atom stereocenters. The van der Waals surface area contributed by atoms with Crippen molar-refractivity contribution in [2.24, 2.45) is 11.8 Å². The van der Waals surface area contributed by atoms with Crippen LogP contribution >= 0.6 is 0 Å². The number of carbonyl (C=O) groups excluding carboxylic acids is 3. The molecular weight excluding hydrogens is 369 g/mol. The number of benzene rings is 1. The van der Waals surface area contributed by atoms with E-state index in [-0.39, 0.29) is 17.8 Å². The van der Waals surface area contributed by atoms with Crippen molar-refractivity contribution in [1.29, 1.82) is 0 Å². The number of imide groups is 1. The Kier molecular flexibility index (Phi) is 3.53. The van der Waals surface area contributed by atoms with Gasteiger partial charge in [0, 0.05) is 24.0 Å².